The van der Waals surface area contributed by atoms with E-state index in [1.165, 1.54) is 0 Å². The van der Waals surface area contributed by atoms with Crippen LogP contribution < -0.4 is 16.4 Å². The molecule has 1 heterocycles. The molecule has 7 nitrogen and oxygen atoms in total. The Kier molecular flexibility index (Phi) is 6.94. The van der Waals surface area contributed by atoms with E-state index in [1.807, 2.05) is 0 Å². The number of rotatable bonds is 7. The van der Waals surface area contributed by atoms with Crippen LogP contribution >= 0.6 is 0 Å². The minimum Gasteiger partial charge on any atom is -0.351 e. The van der Waals surface area contributed by atoms with Gasteiger partial charge in [-0.15, -0.1) is 0 Å². The average molecular weight is 445 g/mol. The van der Waals surface area contributed by atoms with E-state index >= 15 is 0 Å². The van der Waals surface area contributed by atoms with E-state index in [-0.39, 0.29) is 24.7 Å². The number of hydrogen-bond acceptors (Lipinski definition) is 4. The van der Waals surface area contributed by atoms with Gasteiger partial charge in [0.1, 0.15) is 5.82 Å². The molecule has 0 spiro atoms. The molecule has 0 aliphatic carbocycles. The van der Waals surface area contributed by atoms with Crippen LogP contribution in [0.2, 0.25) is 0 Å². The van der Waals surface area contributed by atoms with Crippen molar-refractivity contribution in [3.05, 3.63) is 77.5 Å². The van der Waals surface area contributed by atoms with Crippen molar-refractivity contribution in [3.8, 4) is 5.69 Å². The monoisotopic (exact) mass is 445 g/mol. The highest BCUT2D eigenvalue weighted by molar-refractivity contribution is 5.91. The van der Waals surface area contributed by atoms with E-state index in [4.69, 9.17) is 5.73 Å². The Labute approximate surface area is 182 Å². The summed E-state index contributed by atoms with van der Waals surface area (Å²) in [7, 11) is 0. The molecule has 0 bridgehead atoms. The summed E-state index contributed by atoms with van der Waals surface area (Å²) >= 11 is 0. The lowest BCUT2D eigenvalue weighted by Crippen LogP contribution is -2.37. The predicted octanol–water partition coefficient (Wildman–Crippen LogP) is 3.04. The summed E-state index contributed by atoms with van der Waals surface area (Å²) in [6.45, 7) is 1.68. The van der Waals surface area contributed by atoms with Crippen LogP contribution in [0, 0.1) is 0 Å². The molecule has 0 saturated heterocycles. The summed E-state index contributed by atoms with van der Waals surface area (Å²) in [5.74, 6) is -0.954. The molecule has 0 saturated carbocycles. The molecule has 0 unspecified atom stereocenters. The number of nitrogens with zero attached hydrogens (tertiary/aromatic N) is 2. The summed E-state index contributed by atoms with van der Waals surface area (Å²) in [6.07, 6.45) is -4.69. The Hall–Kier alpha value is -3.66. The molecule has 2 aromatic carbocycles. The van der Waals surface area contributed by atoms with Gasteiger partial charge in [-0.1, -0.05) is 42.5 Å². The molecular weight excluding hydrogens is 423 g/mol. The van der Waals surface area contributed by atoms with Crippen LogP contribution in [-0.4, -0.2) is 27.6 Å². The second-order valence-electron chi connectivity index (χ2n) is 7.21. The molecule has 4 N–H and O–H groups in total. The number of nitrogens with one attached hydrogen (secondary N) is 2. The Morgan fingerprint density at radius 2 is 1.75 bits per heavy atom. The zero-order chi connectivity index (χ0) is 23.3. The third-order valence-electron chi connectivity index (χ3n) is 4.51. The predicted molar refractivity (Wildman–Crippen MR) is 113 cm³/mol. The van der Waals surface area contributed by atoms with Crippen molar-refractivity contribution in [1.82, 2.24) is 15.1 Å². The average Bonchev–Trinajstić information content (AvgIpc) is 3.17. The lowest BCUT2D eigenvalue weighted by molar-refractivity contribution is -0.141. The van der Waals surface area contributed by atoms with Crippen LogP contribution in [0.15, 0.2) is 60.7 Å². The number of carbonyl (C=O) groups excluding carboxylic acids is 2. The van der Waals surface area contributed by atoms with Crippen LogP contribution in [0.25, 0.3) is 5.69 Å². The second kappa shape index (κ2) is 9.65. The molecular formula is C22H22F3N5O2. The number of amides is 2. The van der Waals surface area contributed by atoms with Gasteiger partial charge in [0.2, 0.25) is 11.8 Å². The van der Waals surface area contributed by atoms with Gasteiger partial charge in [0.05, 0.1) is 18.2 Å². The van der Waals surface area contributed by atoms with Crippen molar-refractivity contribution in [2.75, 3.05) is 5.32 Å². The Morgan fingerprint density at radius 1 is 1.06 bits per heavy atom. The van der Waals surface area contributed by atoms with E-state index in [2.05, 4.69) is 15.7 Å². The maximum Gasteiger partial charge on any atom is 0.435 e. The number of nitrogens with two attached hydrogens (primary N) is 1. The normalized spacial score (nSPS) is 12.3. The fourth-order valence-corrected chi connectivity index (χ4v) is 2.92. The minimum absolute atomic E-state index is 0.00326. The molecule has 3 aromatic rings. The number of benzene rings is 2. The molecule has 0 fully saturated rings. The van der Waals surface area contributed by atoms with Crippen LogP contribution in [0.3, 0.4) is 0 Å². The van der Waals surface area contributed by atoms with E-state index in [1.54, 1.807) is 61.5 Å². The highest BCUT2D eigenvalue weighted by Gasteiger charge is 2.35. The first kappa shape index (κ1) is 23.0. The standard InChI is InChI=1S/C22H22F3N5O2/c1-14(26)21(32)27-13-16-8-5-9-17(10-16)30-19(12-18(29-30)22(23,24)25)28-20(31)11-15-6-3-2-4-7-15/h2-10,12,14H,11,13,26H2,1H3,(H,27,32)(H,28,31)/t14-/m0/s1. The summed E-state index contributed by atoms with van der Waals surface area (Å²) in [4.78, 5) is 24.1. The Bertz CT molecular complexity index is 1090. The van der Waals surface area contributed by atoms with Crippen molar-refractivity contribution >= 4 is 17.6 Å². The third-order valence-corrected chi connectivity index (χ3v) is 4.51. The van der Waals surface area contributed by atoms with Crippen LogP contribution in [-0.2, 0) is 28.7 Å². The largest absolute Gasteiger partial charge is 0.435 e. The van der Waals surface area contributed by atoms with Gasteiger partial charge < -0.3 is 16.4 Å². The first-order valence-corrected chi connectivity index (χ1v) is 9.77. The molecule has 2 amide bonds. The Balaban J connectivity index is 1.87. The number of anilines is 1. The number of aromatic nitrogens is 2. The van der Waals surface area contributed by atoms with Crippen LogP contribution in [0.5, 0.6) is 0 Å². The van der Waals surface area contributed by atoms with E-state index in [0.29, 0.717) is 11.3 Å². The lowest BCUT2D eigenvalue weighted by atomic mass is 10.1. The topological polar surface area (TPSA) is 102 Å². The van der Waals surface area contributed by atoms with Gasteiger partial charge in [0.25, 0.3) is 0 Å². The molecule has 1 aromatic heterocycles. The van der Waals surface area contributed by atoms with E-state index in [9.17, 15) is 22.8 Å². The van der Waals surface area contributed by atoms with Gasteiger partial charge in [0.15, 0.2) is 5.69 Å². The summed E-state index contributed by atoms with van der Waals surface area (Å²) < 4.78 is 40.9. The zero-order valence-electron chi connectivity index (χ0n) is 17.2. The highest BCUT2D eigenvalue weighted by atomic mass is 19.4. The second-order valence-corrected chi connectivity index (χ2v) is 7.21. The smallest absolute Gasteiger partial charge is 0.351 e. The maximum atomic E-state index is 13.3. The van der Waals surface area contributed by atoms with Crippen LogP contribution in [0.1, 0.15) is 23.7 Å². The van der Waals surface area contributed by atoms with Gasteiger partial charge in [-0.25, -0.2) is 4.68 Å². The van der Waals surface area contributed by atoms with Gasteiger partial charge in [-0.2, -0.15) is 18.3 Å². The Morgan fingerprint density at radius 3 is 2.41 bits per heavy atom. The van der Waals surface area contributed by atoms with Gasteiger partial charge in [0, 0.05) is 12.6 Å². The SMILES string of the molecule is C[C@H](N)C(=O)NCc1cccc(-n2nc(C(F)(F)F)cc2NC(=O)Cc2ccccc2)c1. The molecule has 1 atom stereocenters. The first-order chi connectivity index (χ1) is 15.1. The molecule has 0 aliphatic heterocycles. The molecule has 32 heavy (non-hydrogen) atoms. The number of halogens is 3. The number of carbonyl (C=O) groups is 2. The minimum atomic E-state index is -4.69. The zero-order valence-corrected chi connectivity index (χ0v) is 17.2. The van der Waals surface area contributed by atoms with Crippen molar-refractivity contribution in [3.63, 3.8) is 0 Å². The summed E-state index contributed by atoms with van der Waals surface area (Å²) in [5, 5.41) is 8.79. The quantitative estimate of drug-likeness (QED) is 0.520. The summed E-state index contributed by atoms with van der Waals surface area (Å²) in [6, 6.07) is 15.4. The number of alkyl halides is 3. The van der Waals surface area contributed by atoms with E-state index < -0.39 is 23.8 Å². The number of hydrogen-bond donors (Lipinski definition) is 3. The third kappa shape index (κ3) is 5.94. The van der Waals surface area contributed by atoms with Gasteiger partial charge in [-0.3, -0.25) is 9.59 Å². The molecule has 168 valence electrons. The molecule has 3 rings (SSSR count). The van der Waals surface area contributed by atoms with Gasteiger partial charge >= 0.3 is 6.18 Å². The van der Waals surface area contributed by atoms with Gasteiger partial charge in [-0.05, 0) is 30.2 Å². The molecule has 0 aliphatic rings. The maximum absolute atomic E-state index is 13.3. The van der Waals surface area contributed by atoms with E-state index in [0.717, 1.165) is 16.3 Å². The van der Waals surface area contributed by atoms with Crippen LogP contribution in [0.4, 0.5) is 19.0 Å². The van der Waals surface area contributed by atoms with Crippen molar-refractivity contribution < 1.29 is 22.8 Å². The van der Waals surface area contributed by atoms with Crippen molar-refractivity contribution in [2.45, 2.75) is 32.1 Å². The molecule has 0 radical (unpaired) electrons. The summed E-state index contributed by atoms with van der Waals surface area (Å²) in [5.41, 5.74) is 6.02. The molecule has 10 heteroatoms. The fraction of sp³-hybridized carbons (Fsp3) is 0.227. The van der Waals surface area contributed by atoms with Crippen molar-refractivity contribution in [2.24, 2.45) is 5.73 Å². The highest BCUT2D eigenvalue weighted by Crippen LogP contribution is 2.31. The fourth-order valence-electron chi connectivity index (χ4n) is 2.92. The first-order valence-electron chi connectivity index (χ1n) is 9.77. The van der Waals surface area contributed by atoms with Crippen molar-refractivity contribution in [1.29, 1.82) is 0 Å². The lowest BCUT2D eigenvalue weighted by Gasteiger charge is -2.12.